The molecule has 0 radical (unpaired) electrons. The van der Waals surface area contributed by atoms with E-state index >= 15 is 0 Å². The fourth-order valence-electron chi connectivity index (χ4n) is 2.53. The highest BCUT2D eigenvalue weighted by molar-refractivity contribution is 6.42. The molecule has 0 fully saturated rings. The standard InChI is InChI=1S/C20H18Cl2O4/c1-11(2)7-8-25-13-4-5-14-17(10-13)26-20(19(24)18(14)23)12-3-6-15(21)16(22)9-12/h3-6,9-10,19-20,24H,1,7-8H2,2H3/i20D. The lowest BCUT2D eigenvalue weighted by Crippen LogP contribution is -2.36. The van der Waals surface area contributed by atoms with Crippen molar-refractivity contribution in [3.63, 3.8) is 0 Å². The molecule has 1 N–H and O–H groups in total. The molecule has 0 bridgehead atoms. The zero-order valence-corrected chi connectivity index (χ0v) is 15.6. The molecule has 1 aliphatic heterocycles. The van der Waals surface area contributed by atoms with Crippen LogP contribution in [0.5, 0.6) is 11.5 Å². The second kappa shape index (κ2) is 7.70. The minimum atomic E-state index is -2.05. The molecular weight excluding hydrogens is 375 g/mol. The molecule has 2 aromatic rings. The van der Waals surface area contributed by atoms with Gasteiger partial charge in [-0.3, -0.25) is 4.79 Å². The maximum Gasteiger partial charge on any atom is 0.199 e. The van der Waals surface area contributed by atoms with Crippen LogP contribution in [-0.2, 0) is 0 Å². The van der Waals surface area contributed by atoms with Crippen molar-refractivity contribution < 1.29 is 20.7 Å². The minimum Gasteiger partial charge on any atom is -0.493 e. The first-order chi connectivity index (χ1) is 12.7. The van der Waals surface area contributed by atoms with Gasteiger partial charge in [0, 0.05) is 12.5 Å². The number of ketones is 1. The molecule has 3 rings (SSSR count). The quantitative estimate of drug-likeness (QED) is 0.724. The summed E-state index contributed by atoms with van der Waals surface area (Å²) >= 11 is 11.9. The molecule has 0 saturated heterocycles. The van der Waals surface area contributed by atoms with Gasteiger partial charge in [-0.05, 0) is 36.8 Å². The van der Waals surface area contributed by atoms with Gasteiger partial charge in [-0.15, -0.1) is 6.58 Å². The number of rotatable bonds is 5. The van der Waals surface area contributed by atoms with E-state index in [0.717, 1.165) is 5.57 Å². The second-order valence-corrected chi connectivity index (χ2v) is 6.89. The first kappa shape index (κ1) is 17.4. The van der Waals surface area contributed by atoms with Crippen LogP contribution >= 0.6 is 23.2 Å². The van der Waals surface area contributed by atoms with Crippen molar-refractivity contribution in [3.8, 4) is 11.5 Å². The average Bonchev–Trinajstić information content (AvgIpc) is 2.61. The van der Waals surface area contributed by atoms with Crippen LogP contribution < -0.4 is 9.47 Å². The molecule has 0 saturated carbocycles. The number of Topliss-reactive ketones (excluding diaryl/α,β-unsaturated/α-hetero) is 1. The third kappa shape index (κ3) is 3.88. The first-order valence-electron chi connectivity index (χ1n) is 8.50. The van der Waals surface area contributed by atoms with Crippen LogP contribution in [0.15, 0.2) is 48.6 Å². The van der Waals surface area contributed by atoms with Crippen LogP contribution in [0.25, 0.3) is 0 Å². The van der Waals surface area contributed by atoms with Gasteiger partial charge in [0.25, 0.3) is 0 Å². The minimum absolute atomic E-state index is 0.166. The van der Waals surface area contributed by atoms with E-state index in [4.69, 9.17) is 34.0 Å². The average molecular weight is 394 g/mol. The molecule has 0 aromatic heterocycles. The summed E-state index contributed by atoms with van der Waals surface area (Å²) in [5, 5.41) is 11.0. The van der Waals surface area contributed by atoms with E-state index in [9.17, 15) is 9.90 Å². The first-order valence-corrected chi connectivity index (χ1v) is 8.76. The van der Waals surface area contributed by atoms with Gasteiger partial charge in [-0.25, -0.2) is 0 Å². The van der Waals surface area contributed by atoms with Gasteiger partial charge in [0.1, 0.15) is 11.5 Å². The van der Waals surface area contributed by atoms with E-state index < -0.39 is 18.0 Å². The number of aliphatic hydroxyl groups excluding tert-OH is 1. The van der Waals surface area contributed by atoms with Crippen LogP contribution in [0.2, 0.25) is 10.0 Å². The van der Waals surface area contributed by atoms with Gasteiger partial charge in [0.2, 0.25) is 0 Å². The molecule has 2 atom stereocenters. The zero-order chi connectivity index (χ0) is 19.8. The van der Waals surface area contributed by atoms with Crippen molar-refractivity contribution >= 4 is 29.0 Å². The summed E-state index contributed by atoms with van der Waals surface area (Å²) in [5.41, 5.74) is 1.40. The van der Waals surface area contributed by atoms with Gasteiger partial charge >= 0.3 is 0 Å². The Hall–Kier alpha value is -2.01. The summed E-state index contributed by atoms with van der Waals surface area (Å²) in [4.78, 5) is 12.6. The number of fused-ring (bicyclic) bond motifs is 1. The molecule has 0 spiro atoms. The Morgan fingerprint density at radius 1 is 1.31 bits per heavy atom. The van der Waals surface area contributed by atoms with Gasteiger partial charge in [0.15, 0.2) is 18.0 Å². The summed E-state index contributed by atoms with van der Waals surface area (Å²) in [7, 11) is 0. The topological polar surface area (TPSA) is 55.8 Å². The zero-order valence-electron chi connectivity index (χ0n) is 15.1. The van der Waals surface area contributed by atoms with Gasteiger partial charge in [-0.2, -0.15) is 0 Å². The predicted molar refractivity (Wildman–Crippen MR) is 102 cm³/mol. The fourth-order valence-corrected chi connectivity index (χ4v) is 2.83. The maximum atomic E-state index is 12.6. The summed E-state index contributed by atoms with van der Waals surface area (Å²) in [6.45, 7) is 6.16. The van der Waals surface area contributed by atoms with Crippen molar-refractivity contribution in [1.82, 2.24) is 0 Å². The highest BCUT2D eigenvalue weighted by Gasteiger charge is 2.37. The molecule has 6 heteroatoms. The number of carbonyl (C=O) groups excluding carboxylic acids is 1. The Bertz CT molecular complexity index is 915. The van der Waals surface area contributed by atoms with Crippen LogP contribution in [0.4, 0.5) is 0 Å². The van der Waals surface area contributed by atoms with Gasteiger partial charge in [0.05, 0.1) is 23.6 Å². The highest BCUT2D eigenvalue weighted by Crippen LogP contribution is 2.38. The molecule has 4 nitrogen and oxygen atoms in total. The van der Waals surface area contributed by atoms with Crippen LogP contribution in [-0.4, -0.2) is 23.6 Å². The van der Waals surface area contributed by atoms with Crippen molar-refractivity contribution in [2.45, 2.75) is 25.5 Å². The Labute approximate surface area is 163 Å². The third-order valence-corrected chi connectivity index (χ3v) is 4.68. The number of carbonyl (C=O) groups is 1. The lowest BCUT2D eigenvalue weighted by Gasteiger charge is -2.30. The van der Waals surface area contributed by atoms with E-state index in [2.05, 4.69) is 6.58 Å². The molecular formula is C20H18Cl2O4. The molecule has 2 aromatic carbocycles. The van der Waals surface area contributed by atoms with Crippen molar-refractivity contribution in [3.05, 3.63) is 69.7 Å². The lowest BCUT2D eigenvalue weighted by molar-refractivity contribution is 0.0215. The molecule has 0 aliphatic carbocycles. The second-order valence-electron chi connectivity index (χ2n) is 6.08. The SMILES string of the molecule is [2H]C1(c2ccc(Cl)c(Cl)c2)Oc2cc(OCCC(=C)C)ccc2C(=O)C1O. The van der Waals surface area contributed by atoms with E-state index in [-0.39, 0.29) is 21.9 Å². The summed E-state index contributed by atoms with van der Waals surface area (Å²) < 4.78 is 20.0. The summed E-state index contributed by atoms with van der Waals surface area (Å²) in [5.74, 6) is 0.0562. The number of benzene rings is 2. The predicted octanol–water partition coefficient (Wildman–Crippen LogP) is 5.02. The Balaban J connectivity index is 1.94. The Morgan fingerprint density at radius 2 is 2.08 bits per heavy atom. The number of halogens is 2. The van der Waals surface area contributed by atoms with E-state index in [1.807, 2.05) is 6.92 Å². The Morgan fingerprint density at radius 3 is 2.77 bits per heavy atom. The third-order valence-electron chi connectivity index (χ3n) is 3.94. The highest BCUT2D eigenvalue weighted by atomic mass is 35.5. The molecule has 26 heavy (non-hydrogen) atoms. The van der Waals surface area contributed by atoms with Gasteiger partial charge < -0.3 is 14.6 Å². The smallest absolute Gasteiger partial charge is 0.199 e. The number of aliphatic hydroxyl groups is 1. The number of hydrogen-bond donors (Lipinski definition) is 1. The number of hydrogen-bond acceptors (Lipinski definition) is 4. The molecule has 2 unspecified atom stereocenters. The van der Waals surface area contributed by atoms with Crippen molar-refractivity contribution in [2.24, 2.45) is 0 Å². The fraction of sp³-hybridized carbons (Fsp3) is 0.250. The molecule has 136 valence electrons. The normalized spacial score (nSPS) is 22.2. The lowest BCUT2D eigenvalue weighted by atomic mass is 9.93. The summed E-state index contributed by atoms with van der Waals surface area (Å²) in [6, 6.07) is 9.08. The van der Waals surface area contributed by atoms with Crippen molar-refractivity contribution in [2.75, 3.05) is 6.61 Å². The van der Waals surface area contributed by atoms with Crippen LogP contribution in [0.3, 0.4) is 0 Å². The largest absolute Gasteiger partial charge is 0.493 e. The molecule has 1 heterocycles. The molecule has 0 amide bonds. The van der Waals surface area contributed by atoms with Gasteiger partial charge in [-0.1, -0.05) is 34.8 Å². The Kier molecular flexibility index (Phi) is 5.16. The van der Waals surface area contributed by atoms with Crippen LogP contribution in [0, 0.1) is 0 Å². The monoisotopic (exact) mass is 393 g/mol. The van der Waals surface area contributed by atoms with Crippen LogP contribution in [0.1, 0.15) is 36.7 Å². The van der Waals surface area contributed by atoms with Crippen molar-refractivity contribution in [1.29, 1.82) is 0 Å². The maximum absolute atomic E-state index is 12.6. The van der Waals surface area contributed by atoms with E-state index in [0.29, 0.717) is 23.8 Å². The number of ether oxygens (including phenoxy) is 2. The van der Waals surface area contributed by atoms with E-state index in [1.165, 1.54) is 24.3 Å². The summed E-state index contributed by atoms with van der Waals surface area (Å²) in [6.07, 6.45) is -3.06. The van der Waals surface area contributed by atoms with E-state index in [1.54, 1.807) is 12.1 Å². The molecule has 1 aliphatic rings.